The predicted octanol–water partition coefficient (Wildman–Crippen LogP) is -2.20. The minimum absolute atomic E-state index is 0. The van der Waals surface area contributed by atoms with Gasteiger partial charge >= 0.3 is 22.4 Å². The Kier molecular flexibility index (Phi) is 4.87. The van der Waals surface area contributed by atoms with Crippen molar-refractivity contribution in [2.45, 2.75) is 0 Å². The van der Waals surface area contributed by atoms with Gasteiger partial charge in [0.1, 0.15) is 0 Å². The topological polar surface area (TPSA) is 83.4 Å². The van der Waals surface area contributed by atoms with Crippen molar-refractivity contribution >= 4 is 7.82 Å². The first-order chi connectivity index (χ1) is 2.00. The maximum Gasteiger partial charge on any atom is 2.00 e. The minimum atomic E-state index is -5.14. The van der Waals surface area contributed by atoms with E-state index < -0.39 is 7.82 Å². The first kappa shape index (κ1) is 9.97. The van der Waals surface area contributed by atoms with E-state index in [0.717, 1.165) is 0 Å². The summed E-state index contributed by atoms with van der Waals surface area (Å²) < 4.78 is 8.66. The van der Waals surface area contributed by atoms with Crippen LogP contribution in [0.4, 0.5) is 0 Å². The molecule has 0 aliphatic rings. The van der Waals surface area contributed by atoms with Crippen molar-refractivity contribution in [3.63, 3.8) is 0 Å². The number of hydrogen-bond acceptors (Lipinski definition) is 3. The zero-order chi connectivity index (χ0) is 4.50. The van der Waals surface area contributed by atoms with Gasteiger partial charge in [-0.3, -0.25) is 0 Å². The van der Waals surface area contributed by atoms with E-state index in [2.05, 4.69) is 0 Å². The summed E-state index contributed by atoms with van der Waals surface area (Å²) in [6.07, 6.45) is 0. The molecule has 0 aliphatic carbocycles. The molecule has 6 heavy (non-hydrogen) atoms. The molecule has 0 saturated heterocycles. The Morgan fingerprint density at radius 3 is 1.50 bits per heavy atom. The molecule has 0 heterocycles. The van der Waals surface area contributed by atoms with Crippen molar-refractivity contribution in [3.8, 4) is 0 Å². The average molecular weight is 189 g/mol. The van der Waals surface area contributed by atoms with E-state index in [1.807, 2.05) is 0 Å². The van der Waals surface area contributed by atoms with E-state index >= 15 is 0 Å². The molecular formula is HNbO4P. The molecule has 35 valence electrons. The van der Waals surface area contributed by atoms with Gasteiger partial charge in [-0.25, -0.2) is 0 Å². The molecular weight excluding hydrogens is 188 g/mol. The summed E-state index contributed by atoms with van der Waals surface area (Å²) in [4.78, 5) is 24.3. The molecule has 0 aromatic rings. The van der Waals surface area contributed by atoms with Gasteiger partial charge in [0.25, 0.3) is 0 Å². The largest absolute Gasteiger partial charge is 2.00 e. The second-order valence-corrected chi connectivity index (χ2v) is 1.41. The fraction of sp³-hybridized carbons (Fsp3) is 0. The molecule has 4 nitrogen and oxygen atoms in total. The maximum absolute atomic E-state index is 8.66. The first-order valence-corrected chi connectivity index (χ1v) is 2.24. The van der Waals surface area contributed by atoms with Gasteiger partial charge in [-0.15, -0.1) is 0 Å². The van der Waals surface area contributed by atoms with E-state index in [1.54, 1.807) is 0 Å². The smallest absolute Gasteiger partial charge is 0.790 e. The van der Waals surface area contributed by atoms with Crippen molar-refractivity contribution in [3.05, 3.63) is 0 Å². The van der Waals surface area contributed by atoms with Crippen LogP contribution in [-0.2, 0) is 26.9 Å². The van der Waals surface area contributed by atoms with Gasteiger partial charge in [-0.05, 0) is 0 Å². The molecule has 0 atom stereocenters. The van der Waals surface area contributed by atoms with Gasteiger partial charge in [0.05, 0.1) is 7.82 Å². The van der Waals surface area contributed by atoms with Gasteiger partial charge in [0.2, 0.25) is 0 Å². The molecule has 0 rings (SSSR count). The van der Waals surface area contributed by atoms with E-state index in [0.29, 0.717) is 0 Å². The Bertz CT molecular complexity index is 53.7. The molecule has 0 spiro atoms. The molecule has 1 radical (unpaired) electrons. The fourth-order valence-corrected chi connectivity index (χ4v) is 0. The van der Waals surface area contributed by atoms with Crippen LogP contribution in [0.2, 0.25) is 0 Å². The van der Waals surface area contributed by atoms with Crippen LogP contribution in [0.25, 0.3) is 0 Å². The van der Waals surface area contributed by atoms with Gasteiger partial charge in [-0.1, -0.05) is 0 Å². The molecule has 0 fully saturated rings. The zero-order valence-electron chi connectivity index (χ0n) is 2.57. The van der Waals surface area contributed by atoms with Gasteiger partial charge in [0, 0.05) is 0 Å². The Balaban J connectivity index is 0. The van der Waals surface area contributed by atoms with Crippen molar-refractivity contribution in [1.29, 1.82) is 0 Å². The molecule has 0 amide bonds. The van der Waals surface area contributed by atoms with Crippen molar-refractivity contribution in [2.75, 3.05) is 0 Å². The summed E-state index contributed by atoms with van der Waals surface area (Å²) in [6.45, 7) is 0. The standard InChI is InChI=1S/Nb.H3O4P/c;1-5(2,3)4/h;(H3,1,2,3,4)/q+2;/p-2. The summed E-state index contributed by atoms with van der Waals surface area (Å²) in [5.74, 6) is 0. The maximum atomic E-state index is 8.66. The predicted molar refractivity (Wildman–Crippen MR) is 9.83 cm³/mol. The third-order valence-electron chi connectivity index (χ3n) is 0. The second-order valence-electron chi connectivity index (χ2n) is 0.469. The summed E-state index contributed by atoms with van der Waals surface area (Å²) in [5, 5.41) is 0. The van der Waals surface area contributed by atoms with E-state index in [9.17, 15) is 0 Å². The number of phosphoric acid groups is 1. The molecule has 0 saturated carbocycles. The summed E-state index contributed by atoms with van der Waals surface area (Å²) in [6, 6.07) is 0. The Hall–Kier alpha value is 0.850. The van der Waals surface area contributed by atoms with Crippen LogP contribution in [0.5, 0.6) is 0 Å². The van der Waals surface area contributed by atoms with Crippen LogP contribution in [-0.4, -0.2) is 4.89 Å². The quantitative estimate of drug-likeness (QED) is 0.346. The third kappa shape index (κ3) is 99.5. The zero-order valence-corrected chi connectivity index (χ0v) is 5.66. The van der Waals surface area contributed by atoms with Crippen LogP contribution in [0, 0.1) is 0 Å². The van der Waals surface area contributed by atoms with E-state index in [1.165, 1.54) is 0 Å². The Morgan fingerprint density at radius 1 is 1.50 bits per heavy atom. The van der Waals surface area contributed by atoms with E-state index in [-0.39, 0.29) is 22.4 Å². The van der Waals surface area contributed by atoms with Crippen LogP contribution in [0.3, 0.4) is 0 Å². The minimum Gasteiger partial charge on any atom is -0.790 e. The fourth-order valence-electron chi connectivity index (χ4n) is 0. The number of hydrogen-bond donors (Lipinski definition) is 1. The Morgan fingerprint density at radius 2 is 1.50 bits per heavy atom. The summed E-state index contributed by atoms with van der Waals surface area (Å²) >= 11 is 0. The molecule has 0 bridgehead atoms. The normalized spacial score (nSPS) is 9.83. The van der Waals surface area contributed by atoms with Crippen LogP contribution < -0.4 is 9.79 Å². The molecule has 0 aromatic carbocycles. The summed E-state index contributed by atoms with van der Waals surface area (Å²) in [5.41, 5.74) is 0. The van der Waals surface area contributed by atoms with Crippen LogP contribution in [0.15, 0.2) is 0 Å². The van der Waals surface area contributed by atoms with E-state index in [4.69, 9.17) is 19.2 Å². The SMILES string of the molecule is O=P([O-])([O-])O.[Nb+2]. The Labute approximate surface area is 49.9 Å². The monoisotopic (exact) mass is 189 g/mol. The van der Waals surface area contributed by atoms with Gasteiger partial charge < -0.3 is 19.2 Å². The molecule has 1 N–H and O–H groups in total. The molecule has 6 heteroatoms. The van der Waals surface area contributed by atoms with Crippen molar-refractivity contribution < 1.29 is 41.6 Å². The molecule has 0 aromatic heterocycles. The van der Waals surface area contributed by atoms with Crippen molar-refractivity contribution in [1.82, 2.24) is 0 Å². The average Bonchev–Trinajstić information content (AvgIpc) is 0.722. The van der Waals surface area contributed by atoms with Gasteiger partial charge in [-0.2, -0.15) is 0 Å². The van der Waals surface area contributed by atoms with Crippen LogP contribution >= 0.6 is 7.82 Å². The molecule has 0 unspecified atom stereocenters. The third-order valence-corrected chi connectivity index (χ3v) is 0. The van der Waals surface area contributed by atoms with Crippen LogP contribution in [0.1, 0.15) is 0 Å². The second kappa shape index (κ2) is 2.93. The van der Waals surface area contributed by atoms with Crippen molar-refractivity contribution in [2.24, 2.45) is 0 Å². The summed E-state index contributed by atoms with van der Waals surface area (Å²) in [7, 11) is -5.14. The van der Waals surface area contributed by atoms with Gasteiger partial charge in [0.15, 0.2) is 0 Å². The first-order valence-electron chi connectivity index (χ1n) is 0.748. The number of rotatable bonds is 0. The molecule has 0 aliphatic heterocycles.